The third-order valence-corrected chi connectivity index (χ3v) is 3.90. The molecule has 0 amide bonds. The van der Waals surface area contributed by atoms with E-state index in [9.17, 15) is 4.39 Å². The number of aryl methyl sites for hydroxylation is 1. The van der Waals surface area contributed by atoms with Gasteiger partial charge in [-0.3, -0.25) is 5.32 Å². The molecule has 0 aliphatic rings. The van der Waals surface area contributed by atoms with Crippen LogP contribution in [-0.2, 0) is 6.54 Å². The minimum Gasteiger partial charge on any atom is -0.332 e. The van der Waals surface area contributed by atoms with Crippen molar-refractivity contribution in [2.75, 3.05) is 10.6 Å². The highest BCUT2D eigenvalue weighted by Gasteiger charge is 2.06. The Morgan fingerprint density at radius 1 is 1.20 bits per heavy atom. The van der Waals surface area contributed by atoms with E-state index >= 15 is 0 Å². The third kappa shape index (κ3) is 4.74. The molecule has 0 fully saturated rings. The summed E-state index contributed by atoms with van der Waals surface area (Å²) in [6.07, 6.45) is 1.62. The van der Waals surface area contributed by atoms with Crippen LogP contribution in [0, 0.1) is 12.7 Å². The first-order chi connectivity index (χ1) is 12.0. The Morgan fingerprint density at radius 2 is 1.96 bits per heavy atom. The van der Waals surface area contributed by atoms with Gasteiger partial charge in [-0.1, -0.05) is 41.4 Å². The van der Waals surface area contributed by atoms with Crippen molar-refractivity contribution in [3.63, 3.8) is 0 Å². The second-order valence-electron chi connectivity index (χ2n) is 5.46. The minimum atomic E-state index is -0.484. The summed E-state index contributed by atoms with van der Waals surface area (Å²) in [5, 5.41) is 10.4. The zero-order valence-electron chi connectivity index (χ0n) is 13.3. The van der Waals surface area contributed by atoms with Gasteiger partial charge in [-0.15, -0.1) is 5.10 Å². The van der Waals surface area contributed by atoms with E-state index in [1.54, 1.807) is 17.1 Å². The highest BCUT2D eigenvalue weighted by Crippen LogP contribution is 2.19. The number of benzene rings is 2. The smallest absolute Gasteiger partial charge is 0.248 e. The maximum absolute atomic E-state index is 13.2. The summed E-state index contributed by atoms with van der Waals surface area (Å²) in [7, 11) is 0. The predicted octanol–water partition coefficient (Wildman–Crippen LogP) is 4.24. The molecular weight excluding hydrogens is 361 g/mol. The molecule has 2 aromatic carbocycles. The van der Waals surface area contributed by atoms with Gasteiger partial charge < -0.3 is 5.32 Å². The van der Waals surface area contributed by atoms with Crippen LogP contribution in [0.15, 0.2) is 48.8 Å². The SMILES string of the molecule is Cc1ccc(Cn2cnc(NC(=S)Nc3ccc(F)c(Cl)c3)n2)cc1. The lowest BCUT2D eigenvalue weighted by Crippen LogP contribution is -2.20. The number of nitrogens with one attached hydrogen (secondary N) is 2. The molecule has 0 saturated carbocycles. The molecule has 8 heteroatoms. The fraction of sp³-hybridized carbons (Fsp3) is 0.118. The van der Waals surface area contributed by atoms with Crippen LogP contribution >= 0.6 is 23.8 Å². The van der Waals surface area contributed by atoms with Gasteiger partial charge in [-0.2, -0.15) is 0 Å². The van der Waals surface area contributed by atoms with Crippen molar-refractivity contribution in [3.8, 4) is 0 Å². The minimum absolute atomic E-state index is 0.0216. The molecule has 0 radical (unpaired) electrons. The third-order valence-electron chi connectivity index (χ3n) is 3.40. The van der Waals surface area contributed by atoms with Gasteiger partial charge in [-0.05, 0) is 42.9 Å². The summed E-state index contributed by atoms with van der Waals surface area (Å²) in [6.45, 7) is 2.66. The maximum Gasteiger partial charge on any atom is 0.248 e. The first-order valence-corrected chi connectivity index (χ1v) is 8.26. The van der Waals surface area contributed by atoms with E-state index in [0.717, 1.165) is 5.56 Å². The van der Waals surface area contributed by atoms with E-state index in [4.69, 9.17) is 23.8 Å². The van der Waals surface area contributed by atoms with Crippen LogP contribution in [0.4, 0.5) is 16.0 Å². The van der Waals surface area contributed by atoms with E-state index in [-0.39, 0.29) is 10.1 Å². The van der Waals surface area contributed by atoms with E-state index in [1.807, 2.05) is 6.92 Å². The Morgan fingerprint density at radius 3 is 2.68 bits per heavy atom. The average molecular weight is 376 g/mol. The standard InChI is InChI=1S/C17H15ClFN5S/c1-11-2-4-12(5-3-11)9-24-10-20-16(23-24)22-17(25)21-13-6-7-15(19)14(18)8-13/h2-8,10H,9H2,1H3,(H2,21,22,23,25). The number of anilines is 2. The summed E-state index contributed by atoms with van der Waals surface area (Å²) in [4.78, 5) is 4.17. The Bertz CT molecular complexity index is 894. The Labute approximate surface area is 154 Å². The van der Waals surface area contributed by atoms with Gasteiger partial charge in [0.05, 0.1) is 11.6 Å². The number of thiocarbonyl (C=S) groups is 1. The van der Waals surface area contributed by atoms with Crippen molar-refractivity contribution in [1.82, 2.24) is 14.8 Å². The summed E-state index contributed by atoms with van der Waals surface area (Å²) in [6, 6.07) is 12.5. The van der Waals surface area contributed by atoms with Crippen LogP contribution in [0.1, 0.15) is 11.1 Å². The Kier molecular flexibility index (Phi) is 5.25. The maximum atomic E-state index is 13.2. The zero-order chi connectivity index (χ0) is 17.8. The zero-order valence-corrected chi connectivity index (χ0v) is 14.9. The van der Waals surface area contributed by atoms with Crippen molar-refractivity contribution in [1.29, 1.82) is 0 Å². The molecule has 2 N–H and O–H groups in total. The molecule has 1 heterocycles. The summed E-state index contributed by atoms with van der Waals surface area (Å²) in [5.74, 6) is -0.111. The topological polar surface area (TPSA) is 54.8 Å². The van der Waals surface area contributed by atoms with Crippen molar-refractivity contribution in [3.05, 3.63) is 70.8 Å². The second-order valence-corrected chi connectivity index (χ2v) is 6.27. The molecule has 25 heavy (non-hydrogen) atoms. The van der Waals surface area contributed by atoms with Gasteiger partial charge in [0.15, 0.2) is 5.11 Å². The lowest BCUT2D eigenvalue weighted by molar-refractivity contribution is 0.628. The second kappa shape index (κ2) is 7.58. The van der Waals surface area contributed by atoms with Gasteiger partial charge in [0.1, 0.15) is 12.1 Å². The monoisotopic (exact) mass is 375 g/mol. The molecular formula is C17H15ClFN5S. The number of nitrogens with zero attached hydrogens (tertiary/aromatic N) is 3. The van der Waals surface area contributed by atoms with E-state index in [0.29, 0.717) is 18.2 Å². The first-order valence-electron chi connectivity index (χ1n) is 7.47. The number of rotatable bonds is 4. The van der Waals surface area contributed by atoms with Crippen LogP contribution in [0.2, 0.25) is 5.02 Å². The molecule has 0 spiro atoms. The highest BCUT2D eigenvalue weighted by molar-refractivity contribution is 7.80. The lowest BCUT2D eigenvalue weighted by Gasteiger charge is -2.08. The summed E-state index contributed by atoms with van der Waals surface area (Å²) in [5.41, 5.74) is 2.91. The van der Waals surface area contributed by atoms with E-state index in [2.05, 4.69) is 45.0 Å². The number of hydrogen-bond acceptors (Lipinski definition) is 3. The first kappa shape index (κ1) is 17.3. The van der Waals surface area contributed by atoms with Gasteiger partial charge in [0.2, 0.25) is 5.95 Å². The van der Waals surface area contributed by atoms with E-state index < -0.39 is 5.82 Å². The fourth-order valence-electron chi connectivity index (χ4n) is 2.15. The normalized spacial score (nSPS) is 10.5. The predicted molar refractivity (Wildman–Crippen MR) is 102 cm³/mol. The van der Waals surface area contributed by atoms with Gasteiger partial charge >= 0.3 is 0 Å². The quantitative estimate of drug-likeness (QED) is 0.668. The molecule has 0 aliphatic heterocycles. The van der Waals surface area contributed by atoms with Crippen LogP contribution in [-0.4, -0.2) is 19.9 Å². The van der Waals surface area contributed by atoms with E-state index in [1.165, 1.54) is 17.7 Å². The molecule has 1 aromatic heterocycles. The number of halogens is 2. The largest absolute Gasteiger partial charge is 0.332 e. The summed E-state index contributed by atoms with van der Waals surface area (Å²) >= 11 is 10.9. The highest BCUT2D eigenvalue weighted by atomic mass is 35.5. The van der Waals surface area contributed by atoms with Crippen LogP contribution in [0.25, 0.3) is 0 Å². The molecule has 3 rings (SSSR count). The Hall–Kier alpha value is -2.51. The number of hydrogen-bond donors (Lipinski definition) is 2. The molecule has 3 aromatic rings. The molecule has 0 bridgehead atoms. The van der Waals surface area contributed by atoms with Crippen molar-refractivity contribution in [2.45, 2.75) is 13.5 Å². The van der Waals surface area contributed by atoms with Crippen molar-refractivity contribution < 1.29 is 4.39 Å². The van der Waals surface area contributed by atoms with Crippen LogP contribution in [0.3, 0.4) is 0 Å². The van der Waals surface area contributed by atoms with Crippen molar-refractivity contribution >= 4 is 40.6 Å². The Balaban J connectivity index is 1.59. The molecule has 5 nitrogen and oxygen atoms in total. The molecule has 0 unspecified atom stereocenters. The van der Waals surface area contributed by atoms with Gasteiger partial charge in [-0.25, -0.2) is 14.1 Å². The van der Waals surface area contributed by atoms with Crippen LogP contribution in [0.5, 0.6) is 0 Å². The molecule has 128 valence electrons. The number of aromatic nitrogens is 3. The molecule has 0 atom stereocenters. The van der Waals surface area contributed by atoms with Gasteiger partial charge in [0.25, 0.3) is 0 Å². The lowest BCUT2D eigenvalue weighted by atomic mass is 10.1. The summed E-state index contributed by atoms with van der Waals surface area (Å²) < 4.78 is 14.9. The van der Waals surface area contributed by atoms with Gasteiger partial charge in [0, 0.05) is 5.69 Å². The van der Waals surface area contributed by atoms with Crippen LogP contribution < -0.4 is 10.6 Å². The molecule has 0 saturated heterocycles. The van der Waals surface area contributed by atoms with Crippen molar-refractivity contribution in [2.24, 2.45) is 0 Å². The molecule has 0 aliphatic carbocycles. The average Bonchev–Trinajstić information content (AvgIpc) is 3.00. The fourth-order valence-corrected chi connectivity index (χ4v) is 2.54.